The Hall–Kier alpha value is -4.06. The Bertz CT molecular complexity index is 1260. The van der Waals surface area contributed by atoms with Crippen LogP contribution in [-0.2, 0) is 31.1 Å². The van der Waals surface area contributed by atoms with Crippen molar-refractivity contribution in [3.63, 3.8) is 0 Å². The third-order valence-corrected chi connectivity index (χ3v) is 4.91. The molecule has 42 heavy (non-hydrogen) atoms. The average molecular weight is 612 g/mol. The molecule has 0 N–H and O–H groups in total. The molecule has 0 atom stereocenters. The van der Waals surface area contributed by atoms with E-state index in [9.17, 15) is 52.7 Å². The summed E-state index contributed by atoms with van der Waals surface area (Å²) in [5.41, 5.74) is -3.62. The van der Waals surface area contributed by atoms with Gasteiger partial charge in [0.15, 0.2) is 0 Å². The third kappa shape index (κ3) is 13.1. The Morgan fingerprint density at radius 3 is 1.07 bits per heavy atom. The zero-order valence-electron chi connectivity index (χ0n) is 22.2. The molecular formula is C30H24F12. The normalized spacial score (nSPS) is 11.4. The van der Waals surface area contributed by atoms with Crippen LogP contribution in [0.25, 0.3) is 0 Å². The van der Waals surface area contributed by atoms with Crippen LogP contribution in [0, 0.1) is 39.0 Å². The molecule has 0 heterocycles. The summed E-state index contributed by atoms with van der Waals surface area (Å²) in [7, 11) is 0. The molecule has 0 saturated heterocycles. The van der Waals surface area contributed by atoms with Crippen LogP contribution in [0.1, 0.15) is 51.4 Å². The number of hydrogen-bond donors (Lipinski definition) is 0. The topological polar surface area (TPSA) is 0 Å². The number of rotatable bonds is 2. The number of terminal acetylenes is 2. The zero-order chi connectivity index (χ0) is 33.1. The molecule has 0 aliphatic rings. The second kappa shape index (κ2) is 15.2. The maximum absolute atomic E-state index is 12.8. The molecular weight excluding hydrogens is 588 g/mol. The van der Waals surface area contributed by atoms with Crippen molar-refractivity contribution in [2.24, 2.45) is 0 Å². The van der Waals surface area contributed by atoms with Crippen molar-refractivity contribution in [1.82, 2.24) is 0 Å². The van der Waals surface area contributed by atoms with Crippen LogP contribution >= 0.6 is 0 Å². The fraction of sp³-hybridized carbons (Fsp3) is 0.267. The highest BCUT2D eigenvalue weighted by Gasteiger charge is 2.37. The maximum atomic E-state index is 12.8. The summed E-state index contributed by atoms with van der Waals surface area (Å²) < 4.78 is 150. The Morgan fingerprint density at radius 1 is 0.500 bits per heavy atom. The Balaban J connectivity index is 0.000000731. The van der Waals surface area contributed by atoms with Crippen LogP contribution in [0.3, 0.4) is 0 Å². The summed E-state index contributed by atoms with van der Waals surface area (Å²) in [5, 5.41) is 0. The molecule has 0 bridgehead atoms. The number of alkyl halides is 12. The van der Waals surface area contributed by atoms with Gasteiger partial charge in [0.1, 0.15) is 0 Å². The largest absolute Gasteiger partial charge is 0.416 e. The molecule has 0 aliphatic heterocycles. The number of aryl methyl sites for hydroxylation is 2. The molecule has 3 aromatic carbocycles. The van der Waals surface area contributed by atoms with E-state index in [2.05, 4.69) is 25.2 Å². The molecule has 3 rings (SSSR count). The first kappa shape index (κ1) is 37.9. The maximum Gasteiger partial charge on any atom is 0.416 e. The first-order chi connectivity index (χ1) is 19.1. The van der Waals surface area contributed by atoms with E-state index in [1.54, 1.807) is 31.2 Å². The van der Waals surface area contributed by atoms with E-state index in [4.69, 9.17) is 0 Å². The molecule has 0 spiro atoms. The molecule has 0 aliphatic carbocycles. The van der Waals surface area contributed by atoms with E-state index in [-0.39, 0.29) is 29.7 Å². The molecule has 12 heteroatoms. The van der Waals surface area contributed by atoms with Crippen molar-refractivity contribution >= 4 is 0 Å². The van der Waals surface area contributed by atoms with Gasteiger partial charge in [0.25, 0.3) is 0 Å². The molecule has 0 amide bonds. The molecule has 228 valence electrons. The van der Waals surface area contributed by atoms with Gasteiger partial charge in [-0.1, -0.05) is 29.8 Å². The standard InChI is InChI=1S/C16H12F6.C9H6F6.C3H4.C2H2/c1-10-2-4-11(5-3-10)6-12-7-13(15(17,18)19)9-14(8-12)16(20,21)22;1-5-2-6(8(10,11)12)4-7(3-5)9(13,14)15;1-3-2;1-2/h2-5,7-9H,6H2,1H3;2-4H,1H3;1H,2H3;1-2H. The highest BCUT2D eigenvalue weighted by atomic mass is 19.4. The van der Waals surface area contributed by atoms with Crippen LogP contribution < -0.4 is 0 Å². The lowest BCUT2D eigenvalue weighted by atomic mass is 9.99. The quantitative estimate of drug-likeness (QED) is 0.200. The fourth-order valence-corrected chi connectivity index (χ4v) is 3.17. The average Bonchev–Trinajstić information content (AvgIpc) is 2.85. The lowest BCUT2D eigenvalue weighted by Crippen LogP contribution is -2.12. The Kier molecular flexibility index (Phi) is 13.8. The van der Waals surface area contributed by atoms with Crippen molar-refractivity contribution in [1.29, 1.82) is 0 Å². The zero-order valence-corrected chi connectivity index (χ0v) is 22.2. The predicted octanol–water partition coefficient (Wildman–Crippen LogP) is 10.5. The molecule has 0 radical (unpaired) electrons. The van der Waals surface area contributed by atoms with Crippen LogP contribution in [0.5, 0.6) is 0 Å². The van der Waals surface area contributed by atoms with Gasteiger partial charge in [-0.25, -0.2) is 0 Å². The van der Waals surface area contributed by atoms with Crippen molar-refractivity contribution < 1.29 is 52.7 Å². The summed E-state index contributed by atoms with van der Waals surface area (Å²) >= 11 is 0. The second-order valence-electron chi connectivity index (χ2n) is 8.45. The monoisotopic (exact) mass is 612 g/mol. The van der Waals surface area contributed by atoms with Gasteiger partial charge in [-0.05, 0) is 80.3 Å². The summed E-state index contributed by atoms with van der Waals surface area (Å²) in [6.07, 6.45) is -6.54. The Morgan fingerprint density at radius 2 is 0.786 bits per heavy atom. The smallest absolute Gasteiger partial charge is 0.166 e. The minimum absolute atomic E-state index is 0.00722. The minimum atomic E-state index is -4.82. The van der Waals surface area contributed by atoms with Crippen LogP contribution in [0.2, 0.25) is 0 Å². The van der Waals surface area contributed by atoms with Gasteiger partial charge in [0.05, 0.1) is 22.3 Å². The first-order valence-corrected chi connectivity index (χ1v) is 11.4. The van der Waals surface area contributed by atoms with Crippen molar-refractivity contribution in [2.75, 3.05) is 0 Å². The first-order valence-electron chi connectivity index (χ1n) is 11.4. The third-order valence-electron chi connectivity index (χ3n) is 4.91. The lowest BCUT2D eigenvalue weighted by molar-refractivity contribution is -0.144. The van der Waals surface area contributed by atoms with Gasteiger partial charge in [-0.15, -0.1) is 25.2 Å². The summed E-state index contributed by atoms with van der Waals surface area (Å²) in [6, 6.07) is 9.99. The molecule has 0 saturated carbocycles. The summed E-state index contributed by atoms with van der Waals surface area (Å²) in [5.74, 6) is 2.25. The second-order valence-corrected chi connectivity index (χ2v) is 8.45. The lowest BCUT2D eigenvalue weighted by Gasteiger charge is -2.14. The molecule has 0 aromatic heterocycles. The van der Waals surface area contributed by atoms with Crippen LogP contribution in [0.4, 0.5) is 52.7 Å². The van der Waals surface area contributed by atoms with Crippen molar-refractivity contribution in [3.8, 4) is 25.2 Å². The van der Waals surface area contributed by atoms with E-state index < -0.39 is 47.0 Å². The van der Waals surface area contributed by atoms with E-state index in [1.165, 1.54) is 6.92 Å². The summed E-state index contributed by atoms with van der Waals surface area (Å²) in [4.78, 5) is 0. The van der Waals surface area contributed by atoms with Gasteiger partial charge >= 0.3 is 24.7 Å². The number of halogens is 12. The molecule has 3 aromatic rings. The van der Waals surface area contributed by atoms with E-state index in [0.717, 1.165) is 17.7 Å². The highest BCUT2D eigenvalue weighted by Crippen LogP contribution is 2.37. The molecule has 0 fully saturated rings. The van der Waals surface area contributed by atoms with E-state index in [0.29, 0.717) is 17.7 Å². The van der Waals surface area contributed by atoms with Gasteiger partial charge in [0.2, 0.25) is 0 Å². The summed E-state index contributed by atoms with van der Waals surface area (Å²) in [6.45, 7) is 4.68. The van der Waals surface area contributed by atoms with Gasteiger partial charge in [0, 0.05) is 0 Å². The number of hydrogen-bond acceptors (Lipinski definition) is 0. The Labute approximate surface area is 235 Å². The van der Waals surface area contributed by atoms with Gasteiger partial charge in [-0.3, -0.25) is 0 Å². The molecule has 0 nitrogen and oxygen atoms in total. The van der Waals surface area contributed by atoms with Crippen molar-refractivity contribution in [2.45, 2.75) is 51.9 Å². The SMILES string of the molecule is C#C.C#CC.Cc1cc(C(F)(F)F)cc(C(F)(F)F)c1.Cc1ccc(Cc2cc(C(F)(F)F)cc(C(F)(F)F)c2)cc1. The minimum Gasteiger partial charge on any atom is -0.166 e. The van der Waals surface area contributed by atoms with Crippen molar-refractivity contribution in [3.05, 3.63) is 105 Å². The van der Waals surface area contributed by atoms with E-state index >= 15 is 0 Å². The molecule has 0 unspecified atom stereocenters. The van der Waals surface area contributed by atoms with Crippen LogP contribution in [0.15, 0.2) is 60.7 Å². The van der Waals surface area contributed by atoms with Gasteiger partial charge in [-0.2, -0.15) is 52.7 Å². The van der Waals surface area contributed by atoms with E-state index in [1.807, 2.05) is 6.92 Å². The van der Waals surface area contributed by atoms with Gasteiger partial charge < -0.3 is 0 Å². The predicted molar refractivity (Wildman–Crippen MR) is 136 cm³/mol. The fourth-order valence-electron chi connectivity index (χ4n) is 3.17. The van der Waals surface area contributed by atoms with Crippen LogP contribution in [-0.4, -0.2) is 0 Å². The highest BCUT2D eigenvalue weighted by molar-refractivity contribution is 5.37. The number of benzene rings is 3.